The zero-order valence-corrected chi connectivity index (χ0v) is 35.8. The lowest BCUT2D eigenvalue weighted by Gasteiger charge is -2.16. The van der Waals surface area contributed by atoms with Crippen LogP contribution in [0.3, 0.4) is 0 Å². The molecule has 0 unspecified atom stereocenters. The van der Waals surface area contributed by atoms with Crippen molar-refractivity contribution in [1.29, 1.82) is 0 Å². The summed E-state index contributed by atoms with van der Waals surface area (Å²) in [7, 11) is 0. The lowest BCUT2D eigenvalue weighted by molar-refractivity contribution is 1.36. The molecule has 0 fully saturated rings. The molecule has 0 amide bonds. The lowest BCUT2D eigenvalue weighted by atomic mass is 9.88. The van der Waals surface area contributed by atoms with Gasteiger partial charge in [0.1, 0.15) is 0 Å². The molecule has 0 aliphatic heterocycles. The van der Waals surface area contributed by atoms with E-state index in [1.807, 2.05) is 84.2 Å². The van der Waals surface area contributed by atoms with Gasteiger partial charge >= 0.3 is 0 Å². The van der Waals surface area contributed by atoms with Gasteiger partial charge < -0.3 is 0 Å². The number of hydrogen-bond donors (Lipinski definition) is 0. The minimum Gasteiger partial charge on any atom is -0.256 e. The van der Waals surface area contributed by atoms with Crippen molar-refractivity contribution in [3.63, 3.8) is 0 Å². The molecular formula is C57H56N2. The molecule has 0 radical (unpaired) electrons. The first-order valence-corrected chi connectivity index (χ1v) is 20.6. The maximum absolute atomic E-state index is 5.29. The number of nitrogens with zero attached hydrogens (tertiary/aromatic N) is 2. The Hall–Kier alpha value is -6.90. The molecule has 0 aliphatic rings. The second kappa shape index (κ2) is 21.0. The van der Waals surface area contributed by atoms with Crippen LogP contribution in [-0.2, 0) is 0 Å². The number of fused-ring (bicyclic) bond motifs is 1. The van der Waals surface area contributed by atoms with Crippen molar-refractivity contribution in [2.24, 2.45) is 4.99 Å². The molecule has 0 saturated heterocycles. The molecule has 1 heterocycles. The normalized spacial score (nSPS) is 11.7. The summed E-state index contributed by atoms with van der Waals surface area (Å²) in [6.07, 6.45) is 14.2. The van der Waals surface area contributed by atoms with Crippen LogP contribution in [0.15, 0.2) is 170 Å². The summed E-state index contributed by atoms with van der Waals surface area (Å²) in [5, 5.41) is 2.86. The highest BCUT2D eigenvalue weighted by atomic mass is 14.8. The number of benzene rings is 6. The minimum absolute atomic E-state index is 0.854. The van der Waals surface area contributed by atoms with Crippen molar-refractivity contribution in [3.05, 3.63) is 209 Å². The van der Waals surface area contributed by atoms with Gasteiger partial charge in [-0.1, -0.05) is 193 Å². The summed E-state index contributed by atoms with van der Waals surface area (Å²) < 4.78 is 0. The van der Waals surface area contributed by atoms with Crippen LogP contribution in [0, 0.1) is 0 Å². The first-order chi connectivity index (χ1) is 28.9. The molecule has 0 spiro atoms. The monoisotopic (exact) mass is 768 g/mol. The Morgan fingerprint density at radius 1 is 0.559 bits per heavy atom. The van der Waals surface area contributed by atoms with Crippen LogP contribution < -0.4 is 10.4 Å². The van der Waals surface area contributed by atoms with Gasteiger partial charge in [-0.3, -0.25) is 9.98 Å². The van der Waals surface area contributed by atoms with Crippen molar-refractivity contribution in [1.82, 2.24) is 4.98 Å². The van der Waals surface area contributed by atoms with Gasteiger partial charge in [0.25, 0.3) is 0 Å². The summed E-state index contributed by atoms with van der Waals surface area (Å²) in [6.45, 7) is 27.1. The van der Waals surface area contributed by atoms with Crippen LogP contribution in [0.5, 0.6) is 0 Å². The molecule has 294 valence electrons. The Labute approximate surface area is 352 Å². The number of aliphatic imine (C=N–C) groups is 1. The van der Waals surface area contributed by atoms with E-state index in [0.717, 1.165) is 99.5 Å². The lowest BCUT2D eigenvalue weighted by Crippen LogP contribution is -2.27. The number of hydrogen-bond acceptors (Lipinski definition) is 2. The number of aromatic nitrogens is 1. The van der Waals surface area contributed by atoms with E-state index in [9.17, 15) is 0 Å². The third-order valence-corrected chi connectivity index (χ3v) is 10.0. The molecule has 2 nitrogen and oxygen atoms in total. The van der Waals surface area contributed by atoms with Crippen molar-refractivity contribution in [2.75, 3.05) is 0 Å². The quantitative estimate of drug-likeness (QED) is 0.127. The Morgan fingerprint density at radius 2 is 1.12 bits per heavy atom. The predicted molar refractivity (Wildman–Crippen MR) is 263 cm³/mol. The molecule has 0 bridgehead atoms. The smallest absolute Gasteiger partial charge is 0.0784 e. The van der Waals surface area contributed by atoms with Gasteiger partial charge in [-0.15, -0.1) is 0 Å². The Kier molecular flexibility index (Phi) is 15.4. The van der Waals surface area contributed by atoms with E-state index in [1.54, 1.807) is 0 Å². The van der Waals surface area contributed by atoms with Crippen molar-refractivity contribution in [2.45, 2.75) is 48.5 Å². The van der Waals surface area contributed by atoms with Crippen LogP contribution in [-0.4, -0.2) is 10.7 Å². The van der Waals surface area contributed by atoms with Gasteiger partial charge in [0, 0.05) is 33.3 Å². The first kappa shape index (κ1) is 43.2. The van der Waals surface area contributed by atoms with E-state index >= 15 is 0 Å². The summed E-state index contributed by atoms with van der Waals surface area (Å²) in [4.78, 5) is 9.97. The van der Waals surface area contributed by atoms with Crippen LogP contribution in [0.4, 0.5) is 0 Å². The van der Waals surface area contributed by atoms with E-state index in [0.29, 0.717) is 0 Å². The molecule has 0 aliphatic carbocycles. The van der Waals surface area contributed by atoms with E-state index in [4.69, 9.17) is 4.99 Å². The van der Waals surface area contributed by atoms with Crippen LogP contribution in [0.25, 0.3) is 80.9 Å². The Bertz CT molecular complexity index is 2680. The molecule has 7 rings (SSSR count). The third kappa shape index (κ3) is 9.63. The fourth-order valence-electron chi connectivity index (χ4n) is 7.32. The number of pyridine rings is 1. The maximum Gasteiger partial charge on any atom is 0.0784 e. The van der Waals surface area contributed by atoms with Gasteiger partial charge in [0.05, 0.1) is 11.2 Å². The summed E-state index contributed by atoms with van der Waals surface area (Å²) in [6, 6.07) is 47.0. The largest absolute Gasteiger partial charge is 0.256 e. The van der Waals surface area contributed by atoms with Crippen LogP contribution in [0.1, 0.15) is 81.8 Å². The second-order valence-electron chi connectivity index (χ2n) is 13.5. The molecule has 2 heteroatoms. The van der Waals surface area contributed by atoms with Gasteiger partial charge in [-0.05, 0) is 106 Å². The molecule has 59 heavy (non-hydrogen) atoms. The van der Waals surface area contributed by atoms with E-state index in [-0.39, 0.29) is 0 Å². The molecule has 0 saturated carbocycles. The Balaban J connectivity index is 0.00000160. The summed E-state index contributed by atoms with van der Waals surface area (Å²) >= 11 is 0. The zero-order valence-electron chi connectivity index (χ0n) is 35.8. The molecule has 7 aromatic rings. The highest BCUT2D eigenvalue weighted by Gasteiger charge is 2.15. The summed E-state index contributed by atoms with van der Waals surface area (Å²) in [5.74, 6) is 0. The van der Waals surface area contributed by atoms with Crippen LogP contribution in [0.2, 0.25) is 0 Å². The van der Waals surface area contributed by atoms with Gasteiger partial charge in [-0.25, -0.2) is 0 Å². The second-order valence-corrected chi connectivity index (χ2v) is 13.5. The maximum atomic E-state index is 5.29. The van der Waals surface area contributed by atoms with Crippen molar-refractivity contribution < 1.29 is 0 Å². The minimum atomic E-state index is 0.854. The molecule has 6 aromatic carbocycles. The fourth-order valence-corrected chi connectivity index (χ4v) is 7.32. The van der Waals surface area contributed by atoms with Gasteiger partial charge in [-0.2, -0.15) is 0 Å². The Morgan fingerprint density at radius 3 is 1.66 bits per heavy atom. The van der Waals surface area contributed by atoms with Crippen molar-refractivity contribution in [3.8, 4) is 33.4 Å². The average molecular weight is 769 g/mol. The highest BCUT2D eigenvalue weighted by Crippen LogP contribution is 2.38. The molecule has 0 N–H and O–H groups in total. The van der Waals surface area contributed by atoms with E-state index < -0.39 is 0 Å². The highest BCUT2D eigenvalue weighted by molar-refractivity contribution is 6.02. The van der Waals surface area contributed by atoms with E-state index in [2.05, 4.69) is 165 Å². The van der Waals surface area contributed by atoms with Crippen molar-refractivity contribution >= 4 is 53.2 Å². The summed E-state index contributed by atoms with van der Waals surface area (Å²) in [5.41, 5.74) is 15.9. The fraction of sp³-hybridized carbons (Fsp3) is 0.123. The SMILES string of the molecule is C=Cc1c(/C=C\C)cccc1-c1cc(-c2ccc(/C(N=C(C)c3ccccc3)=c3\ccc4cccnc4c3=C)cc2)cc(-c2cccc(/C=C\C)c2C=C)c1.CC.CC. The molecule has 1 aromatic heterocycles. The first-order valence-electron chi connectivity index (χ1n) is 20.6. The molecule has 0 atom stereocenters. The van der Waals surface area contributed by atoms with Crippen LogP contribution >= 0.6 is 0 Å². The number of rotatable bonds is 10. The zero-order chi connectivity index (χ0) is 42.3. The van der Waals surface area contributed by atoms with Gasteiger partial charge in [0.15, 0.2) is 0 Å². The standard InChI is InChI=1S/C53H44N2.2C2H6/c1-7-17-40-21-14-24-50(47(40)9-3)45-33-44(34-46(35-45)51-25-15-22-41(18-8-2)48(51)10-4)39-26-28-43(29-27-39)53(55-37(6)38-19-12-11-13-20-38)49-31-30-42-23-16-32-54-52(42)36(49)5;2*1-2/h7-35H,3-5H2,1-2,6H3;2*1-2H3/b17-7-,18-8-,53-49-,55-37?;;. The average Bonchev–Trinajstić information content (AvgIpc) is 3.30. The third-order valence-electron chi connectivity index (χ3n) is 10.0. The topological polar surface area (TPSA) is 25.2 Å². The van der Waals surface area contributed by atoms with Gasteiger partial charge in [0.2, 0.25) is 0 Å². The van der Waals surface area contributed by atoms with E-state index in [1.165, 1.54) is 0 Å². The number of allylic oxidation sites excluding steroid dienone is 2. The molecular weight excluding hydrogens is 713 g/mol. The predicted octanol–water partition coefficient (Wildman–Crippen LogP) is 14.7.